The fraction of sp³-hybridized carbons (Fsp3) is 0.857. The maximum absolute atomic E-state index is 10.8. The van der Waals surface area contributed by atoms with Crippen LogP contribution in [-0.4, -0.2) is 53.1 Å². The van der Waals surface area contributed by atoms with Gasteiger partial charge in [0.1, 0.15) is 12.2 Å². The molecule has 4 atom stereocenters. The van der Waals surface area contributed by atoms with E-state index in [2.05, 4.69) is 4.52 Å². The van der Waals surface area contributed by atoms with E-state index in [9.17, 15) is 14.8 Å². The molecule has 0 fully saturated rings. The monoisotopic (exact) mass is 225 g/mol. The zero-order chi connectivity index (χ0) is 11.1. The molecule has 0 aliphatic rings. The fourth-order valence-corrected chi connectivity index (χ4v) is 1.60. The second kappa shape index (κ2) is 7.09. The van der Waals surface area contributed by atoms with Gasteiger partial charge in [-0.15, -0.1) is 0 Å². The highest BCUT2D eigenvalue weighted by Gasteiger charge is 2.23. The summed E-state index contributed by atoms with van der Waals surface area (Å²) in [7, 11) is -0.847. The van der Waals surface area contributed by atoms with Crippen LogP contribution in [0.25, 0.3) is 0 Å². The normalized spacial score (nSPS) is 19.7. The third kappa shape index (κ3) is 4.83. The van der Waals surface area contributed by atoms with Gasteiger partial charge in [0.2, 0.25) is 0 Å². The molecule has 4 N–H and O–H groups in total. The second-order valence-corrected chi connectivity index (χ2v) is 4.48. The van der Waals surface area contributed by atoms with Crippen molar-refractivity contribution in [1.82, 2.24) is 0 Å². The van der Waals surface area contributed by atoms with E-state index in [1.165, 1.54) is 7.11 Å². The van der Waals surface area contributed by atoms with Crippen molar-refractivity contribution in [1.29, 1.82) is 5.41 Å². The van der Waals surface area contributed by atoms with Gasteiger partial charge in [-0.1, -0.05) is 0 Å². The summed E-state index contributed by atoms with van der Waals surface area (Å²) in [5.41, 5.74) is 0. The minimum Gasteiger partial charge on any atom is -0.390 e. The zero-order valence-electron chi connectivity index (χ0n) is 7.88. The Morgan fingerprint density at radius 2 is 2.07 bits per heavy atom. The molecular formula is C7H16NO5P. The standard InChI is InChI=1S/C7H16NO5P/c1-13-14(12)3-2-5(9)7(11)6(10)4-8/h4-11,14H,2-3H2,1H3/t5-,6+,7-/m1/s1. The summed E-state index contributed by atoms with van der Waals surface area (Å²) in [5.74, 6) is 0. The van der Waals surface area contributed by atoms with E-state index < -0.39 is 26.3 Å². The van der Waals surface area contributed by atoms with Crippen LogP contribution in [0.3, 0.4) is 0 Å². The van der Waals surface area contributed by atoms with Gasteiger partial charge < -0.3 is 25.3 Å². The molecule has 0 bridgehead atoms. The average molecular weight is 225 g/mol. The zero-order valence-corrected chi connectivity index (χ0v) is 8.88. The Bertz CT molecular complexity index is 201. The van der Waals surface area contributed by atoms with Gasteiger partial charge in [0.15, 0.2) is 8.03 Å². The van der Waals surface area contributed by atoms with Crippen LogP contribution in [0.4, 0.5) is 0 Å². The lowest BCUT2D eigenvalue weighted by molar-refractivity contribution is -0.0337. The van der Waals surface area contributed by atoms with E-state index in [0.717, 1.165) is 0 Å². The molecule has 14 heavy (non-hydrogen) atoms. The number of hydrogen-bond donors (Lipinski definition) is 4. The minimum atomic E-state index is -2.15. The summed E-state index contributed by atoms with van der Waals surface area (Å²) in [6, 6.07) is 0. The molecule has 0 radical (unpaired) electrons. The molecule has 0 spiro atoms. The van der Waals surface area contributed by atoms with E-state index >= 15 is 0 Å². The van der Waals surface area contributed by atoms with Crippen molar-refractivity contribution in [2.75, 3.05) is 13.3 Å². The molecule has 84 valence electrons. The first kappa shape index (κ1) is 13.7. The Morgan fingerprint density at radius 3 is 2.50 bits per heavy atom. The van der Waals surface area contributed by atoms with Crippen LogP contribution in [0.1, 0.15) is 6.42 Å². The van der Waals surface area contributed by atoms with Crippen molar-refractivity contribution in [3.8, 4) is 0 Å². The average Bonchev–Trinajstić information content (AvgIpc) is 2.22. The van der Waals surface area contributed by atoms with Crippen LogP contribution in [0.5, 0.6) is 0 Å². The smallest absolute Gasteiger partial charge is 0.191 e. The van der Waals surface area contributed by atoms with Gasteiger partial charge in [-0.05, 0) is 6.42 Å². The molecule has 0 aliphatic heterocycles. The summed E-state index contributed by atoms with van der Waals surface area (Å²) in [4.78, 5) is 0. The Morgan fingerprint density at radius 1 is 1.50 bits per heavy atom. The van der Waals surface area contributed by atoms with E-state index in [4.69, 9.17) is 10.5 Å². The molecule has 0 aromatic heterocycles. The predicted octanol–water partition coefficient (Wildman–Crippen LogP) is -0.770. The van der Waals surface area contributed by atoms with Crippen LogP contribution >= 0.6 is 8.03 Å². The number of aliphatic hydroxyl groups is 3. The summed E-state index contributed by atoms with van der Waals surface area (Å²) in [6.45, 7) is 0. The van der Waals surface area contributed by atoms with Crippen LogP contribution in [0.15, 0.2) is 0 Å². The minimum absolute atomic E-state index is 0.0672. The lowest BCUT2D eigenvalue weighted by Gasteiger charge is -2.19. The highest BCUT2D eigenvalue weighted by atomic mass is 31.1. The quantitative estimate of drug-likeness (QED) is 0.336. The fourth-order valence-electron chi connectivity index (χ4n) is 0.865. The van der Waals surface area contributed by atoms with Crippen LogP contribution in [-0.2, 0) is 9.09 Å². The molecule has 0 saturated heterocycles. The number of hydrogen-bond acceptors (Lipinski definition) is 6. The van der Waals surface area contributed by atoms with Gasteiger partial charge in [0, 0.05) is 19.5 Å². The van der Waals surface area contributed by atoms with Crippen molar-refractivity contribution >= 4 is 14.2 Å². The lowest BCUT2D eigenvalue weighted by atomic mass is 10.1. The maximum Gasteiger partial charge on any atom is 0.191 e. The largest absolute Gasteiger partial charge is 0.390 e. The van der Waals surface area contributed by atoms with Crippen molar-refractivity contribution in [2.45, 2.75) is 24.7 Å². The summed E-state index contributed by atoms with van der Waals surface area (Å²) in [5, 5.41) is 34.1. The molecule has 0 saturated carbocycles. The Hall–Kier alpha value is -0.260. The second-order valence-electron chi connectivity index (χ2n) is 2.83. The van der Waals surface area contributed by atoms with Crippen molar-refractivity contribution in [3.63, 3.8) is 0 Å². The number of nitrogens with one attached hydrogen (secondary N) is 1. The summed E-state index contributed by atoms with van der Waals surface area (Å²) < 4.78 is 15.4. The van der Waals surface area contributed by atoms with Gasteiger partial charge in [-0.3, -0.25) is 4.57 Å². The number of aliphatic hydroxyl groups excluding tert-OH is 3. The molecule has 7 heteroatoms. The number of rotatable bonds is 7. The van der Waals surface area contributed by atoms with Crippen molar-refractivity contribution in [2.24, 2.45) is 0 Å². The first-order chi connectivity index (χ1) is 6.52. The highest BCUT2D eigenvalue weighted by molar-refractivity contribution is 7.39. The van der Waals surface area contributed by atoms with E-state index in [1.54, 1.807) is 0 Å². The van der Waals surface area contributed by atoms with E-state index in [-0.39, 0.29) is 12.6 Å². The molecule has 0 heterocycles. The Labute approximate surface area is 82.9 Å². The summed E-state index contributed by atoms with van der Waals surface area (Å²) in [6.07, 6.45) is -3.17. The van der Waals surface area contributed by atoms with Gasteiger partial charge in [-0.2, -0.15) is 0 Å². The van der Waals surface area contributed by atoms with Gasteiger partial charge >= 0.3 is 0 Å². The van der Waals surface area contributed by atoms with E-state index in [1.807, 2.05) is 0 Å². The Balaban J connectivity index is 3.89. The SMILES string of the molecule is CO[PH](=O)CC[C@@H](O)[C@@H](O)[C@@H](O)C=N. The van der Waals surface area contributed by atoms with Crippen molar-refractivity contribution < 1.29 is 24.4 Å². The molecule has 0 rings (SSSR count). The highest BCUT2D eigenvalue weighted by Crippen LogP contribution is 2.22. The Kier molecular flexibility index (Phi) is 6.96. The van der Waals surface area contributed by atoms with Gasteiger partial charge in [0.25, 0.3) is 0 Å². The molecule has 0 amide bonds. The van der Waals surface area contributed by atoms with Crippen LogP contribution in [0, 0.1) is 5.41 Å². The van der Waals surface area contributed by atoms with E-state index in [0.29, 0.717) is 6.21 Å². The molecular weight excluding hydrogens is 209 g/mol. The topological polar surface area (TPSA) is 111 Å². The van der Waals surface area contributed by atoms with Gasteiger partial charge in [-0.25, -0.2) is 0 Å². The van der Waals surface area contributed by atoms with Crippen LogP contribution in [0.2, 0.25) is 0 Å². The van der Waals surface area contributed by atoms with Crippen molar-refractivity contribution in [3.05, 3.63) is 0 Å². The third-order valence-electron chi connectivity index (χ3n) is 1.79. The maximum atomic E-state index is 10.8. The third-order valence-corrected chi connectivity index (χ3v) is 2.94. The molecule has 0 aromatic rings. The molecule has 6 nitrogen and oxygen atoms in total. The first-order valence-electron chi connectivity index (χ1n) is 4.14. The summed E-state index contributed by atoms with van der Waals surface area (Å²) >= 11 is 0. The lowest BCUT2D eigenvalue weighted by Crippen LogP contribution is -2.38. The molecule has 0 aliphatic carbocycles. The van der Waals surface area contributed by atoms with Gasteiger partial charge in [0.05, 0.1) is 6.10 Å². The predicted molar refractivity (Wildman–Crippen MR) is 52.3 cm³/mol. The molecule has 0 aromatic carbocycles. The first-order valence-corrected chi connectivity index (χ1v) is 5.67. The van der Waals surface area contributed by atoms with Crippen LogP contribution < -0.4 is 0 Å². The molecule has 1 unspecified atom stereocenters.